The minimum absolute atomic E-state index is 0.148. The van der Waals surface area contributed by atoms with Gasteiger partial charge >= 0.3 is 0 Å². The van der Waals surface area contributed by atoms with Crippen LogP contribution in [0.3, 0.4) is 0 Å². The van der Waals surface area contributed by atoms with Crippen LogP contribution < -0.4 is 0 Å². The Morgan fingerprint density at radius 3 is 2.56 bits per heavy atom. The zero-order valence-electron chi connectivity index (χ0n) is 9.87. The molecule has 0 fully saturated rings. The van der Waals surface area contributed by atoms with E-state index in [0.717, 1.165) is 9.77 Å². The van der Waals surface area contributed by atoms with E-state index in [0.29, 0.717) is 18.6 Å². The molecule has 0 amide bonds. The molecule has 4 heteroatoms. The Labute approximate surface area is 113 Å². The molecule has 94 valence electrons. The van der Waals surface area contributed by atoms with Gasteiger partial charge in [-0.15, -0.1) is 11.3 Å². The average Bonchev–Trinajstić information content (AvgIpc) is 2.93. The first-order valence-electron chi connectivity index (χ1n) is 5.77. The third kappa shape index (κ3) is 3.62. The minimum Gasteiger partial charge on any atom is -0.293 e. The normalized spacial score (nSPS) is 12.2. The van der Waals surface area contributed by atoms with Crippen LogP contribution in [0, 0.1) is 0 Å². The molecule has 1 atom stereocenters. The highest BCUT2D eigenvalue weighted by Gasteiger charge is 2.08. The van der Waals surface area contributed by atoms with Gasteiger partial charge in [-0.25, -0.2) is 0 Å². The Morgan fingerprint density at radius 1 is 1.11 bits per heavy atom. The molecular formula is C14H14O2S2. The minimum atomic E-state index is -0.995. The predicted molar refractivity (Wildman–Crippen MR) is 75.6 cm³/mol. The van der Waals surface area contributed by atoms with Crippen LogP contribution in [0.25, 0.3) is 0 Å². The van der Waals surface area contributed by atoms with E-state index < -0.39 is 10.8 Å². The number of benzene rings is 1. The molecule has 0 bridgehead atoms. The number of rotatable bonds is 6. The van der Waals surface area contributed by atoms with Crippen LogP contribution in [0.15, 0.2) is 52.7 Å². The van der Waals surface area contributed by atoms with E-state index in [-0.39, 0.29) is 5.78 Å². The number of hydrogen-bond donors (Lipinski definition) is 0. The summed E-state index contributed by atoms with van der Waals surface area (Å²) < 4.78 is 11.9. The van der Waals surface area contributed by atoms with E-state index in [4.69, 9.17) is 0 Å². The van der Waals surface area contributed by atoms with Gasteiger partial charge in [0.1, 0.15) is 0 Å². The highest BCUT2D eigenvalue weighted by Crippen LogP contribution is 2.13. The van der Waals surface area contributed by atoms with Gasteiger partial charge < -0.3 is 0 Å². The van der Waals surface area contributed by atoms with E-state index in [1.54, 1.807) is 0 Å². The zero-order chi connectivity index (χ0) is 12.8. The summed E-state index contributed by atoms with van der Waals surface area (Å²) in [5.74, 6) is 0.691. The van der Waals surface area contributed by atoms with Crippen LogP contribution in [0.5, 0.6) is 0 Å². The highest BCUT2D eigenvalue weighted by atomic mass is 32.2. The van der Waals surface area contributed by atoms with Crippen LogP contribution in [0.2, 0.25) is 0 Å². The van der Waals surface area contributed by atoms with Crippen molar-refractivity contribution in [3.63, 3.8) is 0 Å². The molecule has 0 saturated heterocycles. The smallest absolute Gasteiger partial charge is 0.172 e. The Hall–Kier alpha value is -1.26. The van der Waals surface area contributed by atoms with Crippen molar-refractivity contribution in [2.75, 3.05) is 5.75 Å². The molecule has 0 aliphatic carbocycles. The van der Waals surface area contributed by atoms with E-state index in [9.17, 15) is 9.00 Å². The van der Waals surface area contributed by atoms with Gasteiger partial charge in [0, 0.05) is 17.1 Å². The lowest BCUT2D eigenvalue weighted by atomic mass is 10.2. The third-order valence-corrected chi connectivity index (χ3v) is 4.90. The maximum absolute atomic E-state index is 11.9. The molecule has 0 saturated carbocycles. The summed E-state index contributed by atoms with van der Waals surface area (Å²) in [5.41, 5.74) is 0. The first kappa shape index (κ1) is 13.2. The first-order chi connectivity index (χ1) is 8.77. The van der Waals surface area contributed by atoms with Crippen LogP contribution in [0.1, 0.15) is 22.5 Å². The monoisotopic (exact) mass is 278 g/mol. The Kier molecular flexibility index (Phi) is 4.84. The number of Topliss-reactive ketones (excluding diaryl/α,β-unsaturated/α-hetero) is 1. The fourth-order valence-electron chi connectivity index (χ4n) is 1.61. The van der Waals surface area contributed by atoms with Crippen molar-refractivity contribution in [2.45, 2.75) is 17.7 Å². The highest BCUT2D eigenvalue weighted by molar-refractivity contribution is 7.85. The molecule has 1 unspecified atom stereocenters. The number of carbonyl (C=O) groups excluding carboxylic acids is 1. The molecule has 0 N–H and O–H groups in total. The molecule has 0 aliphatic heterocycles. The molecule has 0 radical (unpaired) electrons. The molecular weight excluding hydrogens is 264 g/mol. The maximum atomic E-state index is 11.9. The summed E-state index contributed by atoms with van der Waals surface area (Å²) in [4.78, 5) is 13.4. The number of hydrogen-bond acceptors (Lipinski definition) is 3. The van der Waals surface area contributed by atoms with E-state index in [2.05, 4.69) is 0 Å². The van der Waals surface area contributed by atoms with Gasteiger partial charge in [-0.1, -0.05) is 24.3 Å². The molecule has 1 aromatic carbocycles. The second-order valence-corrected chi connectivity index (χ2v) is 6.39. The Balaban J connectivity index is 1.79. The molecule has 0 aliphatic rings. The van der Waals surface area contributed by atoms with Crippen molar-refractivity contribution in [2.24, 2.45) is 0 Å². The van der Waals surface area contributed by atoms with Gasteiger partial charge in [0.05, 0.1) is 15.7 Å². The lowest BCUT2D eigenvalue weighted by Gasteiger charge is -2.01. The second-order valence-electron chi connectivity index (χ2n) is 3.87. The van der Waals surface area contributed by atoms with Gasteiger partial charge in [-0.2, -0.15) is 0 Å². The van der Waals surface area contributed by atoms with E-state index in [1.807, 2.05) is 47.8 Å². The molecule has 2 aromatic rings. The number of thiophene rings is 1. The van der Waals surface area contributed by atoms with Crippen molar-refractivity contribution < 1.29 is 9.00 Å². The summed E-state index contributed by atoms with van der Waals surface area (Å²) in [5, 5.41) is 1.90. The molecule has 0 spiro atoms. The fourth-order valence-corrected chi connectivity index (χ4v) is 3.41. The number of ketones is 1. The van der Waals surface area contributed by atoms with Crippen LogP contribution in [-0.4, -0.2) is 15.7 Å². The van der Waals surface area contributed by atoms with Gasteiger partial charge in [0.15, 0.2) is 5.78 Å². The number of carbonyl (C=O) groups is 1. The van der Waals surface area contributed by atoms with Gasteiger partial charge in [0.25, 0.3) is 0 Å². The van der Waals surface area contributed by atoms with Crippen LogP contribution >= 0.6 is 11.3 Å². The van der Waals surface area contributed by atoms with Crippen molar-refractivity contribution in [1.29, 1.82) is 0 Å². The van der Waals surface area contributed by atoms with Gasteiger partial charge in [0.2, 0.25) is 0 Å². The molecule has 2 rings (SSSR count). The van der Waals surface area contributed by atoms with E-state index >= 15 is 0 Å². The Morgan fingerprint density at radius 2 is 1.89 bits per heavy atom. The SMILES string of the molecule is O=C(CCCS(=O)c1ccccc1)c1cccs1. The zero-order valence-corrected chi connectivity index (χ0v) is 11.5. The Bertz CT molecular complexity index is 518. The van der Waals surface area contributed by atoms with Crippen molar-refractivity contribution >= 4 is 27.9 Å². The predicted octanol–water partition coefficient (Wildman–Crippen LogP) is 3.52. The van der Waals surface area contributed by atoms with Crippen LogP contribution in [-0.2, 0) is 10.8 Å². The van der Waals surface area contributed by atoms with E-state index in [1.165, 1.54) is 11.3 Å². The van der Waals surface area contributed by atoms with Crippen molar-refractivity contribution in [1.82, 2.24) is 0 Å². The lowest BCUT2D eigenvalue weighted by Crippen LogP contribution is -2.02. The molecule has 1 heterocycles. The quantitative estimate of drug-likeness (QED) is 0.758. The first-order valence-corrected chi connectivity index (χ1v) is 7.97. The average molecular weight is 278 g/mol. The summed E-state index contributed by atoms with van der Waals surface area (Å²) in [7, 11) is -0.995. The van der Waals surface area contributed by atoms with Gasteiger partial charge in [-0.05, 0) is 30.0 Å². The molecule has 1 aromatic heterocycles. The van der Waals surface area contributed by atoms with Crippen molar-refractivity contribution in [3.05, 3.63) is 52.7 Å². The fraction of sp³-hybridized carbons (Fsp3) is 0.214. The lowest BCUT2D eigenvalue weighted by molar-refractivity contribution is 0.0986. The summed E-state index contributed by atoms with van der Waals surface area (Å²) in [6, 6.07) is 13.1. The summed E-state index contributed by atoms with van der Waals surface area (Å²) >= 11 is 1.46. The van der Waals surface area contributed by atoms with Gasteiger partial charge in [-0.3, -0.25) is 9.00 Å². The topological polar surface area (TPSA) is 34.1 Å². The maximum Gasteiger partial charge on any atom is 0.172 e. The summed E-state index contributed by atoms with van der Waals surface area (Å²) in [6.45, 7) is 0. The van der Waals surface area contributed by atoms with Crippen LogP contribution in [0.4, 0.5) is 0 Å². The molecule has 18 heavy (non-hydrogen) atoms. The summed E-state index contributed by atoms with van der Waals surface area (Å²) in [6.07, 6.45) is 1.14. The molecule has 2 nitrogen and oxygen atoms in total. The second kappa shape index (κ2) is 6.61. The largest absolute Gasteiger partial charge is 0.293 e. The standard InChI is InChI=1S/C14H14O2S2/c15-13(14-9-4-10-17-14)8-5-11-18(16)12-6-2-1-3-7-12/h1-4,6-7,9-10H,5,8,11H2. The van der Waals surface area contributed by atoms with Crippen molar-refractivity contribution in [3.8, 4) is 0 Å². The third-order valence-electron chi connectivity index (χ3n) is 2.54.